The molecule has 5 nitrogen and oxygen atoms in total. The maximum atomic E-state index is 11.9. The molecule has 2 rings (SSSR count). The zero-order chi connectivity index (χ0) is 15.9. The van der Waals surface area contributed by atoms with E-state index in [1.54, 1.807) is 7.11 Å². The molecule has 0 bridgehead atoms. The molecule has 1 saturated heterocycles. The highest BCUT2D eigenvalue weighted by Gasteiger charge is 2.25. The van der Waals surface area contributed by atoms with Crippen molar-refractivity contribution in [1.29, 1.82) is 0 Å². The Morgan fingerprint density at radius 1 is 1.48 bits per heavy atom. The lowest BCUT2D eigenvalue weighted by atomic mass is 10.1. The number of benzene rings is 1. The largest absolute Gasteiger partial charge is 0.495 e. The number of hydrogen-bond donors (Lipinski definition) is 2. The van der Waals surface area contributed by atoms with Crippen LogP contribution in [0.5, 0.6) is 5.75 Å². The third-order valence-electron chi connectivity index (χ3n) is 4.21. The summed E-state index contributed by atoms with van der Waals surface area (Å²) in [6.07, 6.45) is 2.74. The van der Waals surface area contributed by atoms with E-state index in [2.05, 4.69) is 16.3 Å². The van der Waals surface area contributed by atoms with Crippen molar-refractivity contribution in [2.75, 3.05) is 31.6 Å². The van der Waals surface area contributed by atoms with Crippen LogP contribution in [0.25, 0.3) is 0 Å². The molecule has 0 radical (unpaired) electrons. The summed E-state index contributed by atoms with van der Waals surface area (Å²) < 4.78 is 5.42. The van der Waals surface area contributed by atoms with Gasteiger partial charge in [-0.3, -0.25) is 4.79 Å². The van der Waals surface area contributed by atoms with Crippen LogP contribution in [0.2, 0.25) is 0 Å². The summed E-state index contributed by atoms with van der Waals surface area (Å²) in [6.45, 7) is 4.66. The van der Waals surface area contributed by atoms with Gasteiger partial charge in [0, 0.05) is 19.6 Å². The number of ether oxygens (including phenoxy) is 1. The van der Waals surface area contributed by atoms with Gasteiger partial charge in [-0.2, -0.15) is 0 Å². The second-order valence-corrected chi connectivity index (χ2v) is 5.91. The van der Waals surface area contributed by atoms with Crippen molar-refractivity contribution < 1.29 is 9.53 Å². The molecule has 2 unspecified atom stereocenters. The van der Waals surface area contributed by atoms with Gasteiger partial charge >= 0.3 is 0 Å². The number of nitrogens with zero attached hydrogens (tertiary/aromatic N) is 1. The molecule has 0 aliphatic carbocycles. The van der Waals surface area contributed by atoms with Crippen LogP contribution in [-0.2, 0) is 4.79 Å². The van der Waals surface area contributed by atoms with E-state index in [1.807, 2.05) is 25.1 Å². The van der Waals surface area contributed by atoms with Crippen molar-refractivity contribution in [3.8, 4) is 5.75 Å². The van der Waals surface area contributed by atoms with Gasteiger partial charge in [-0.05, 0) is 30.9 Å². The maximum absolute atomic E-state index is 11.9. The van der Waals surface area contributed by atoms with Gasteiger partial charge in [-0.15, -0.1) is 12.4 Å². The van der Waals surface area contributed by atoms with Crippen LogP contribution in [-0.4, -0.2) is 38.7 Å². The Bertz CT molecular complexity index is 498. The quantitative estimate of drug-likeness (QED) is 0.797. The first-order chi connectivity index (χ1) is 10.7. The minimum Gasteiger partial charge on any atom is -0.495 e. The Labute approximate surface area is 145 Å². The third-order valence-corrected chi connectivity index (χ3v) is 4.21. The van der Waals surface area contributed by atoms with E-state index in [4.69, 9.17) is 10.5 Å². The van der Waals surface area contributed by atoms with Gasteiger partial charge in [0.05, 0.1) is 18.8 Å². The van der Waals surface area contributed by atoms with E-state index in [9.17, 15) is 4.79 Å². The van der Waals surface area contributed by atoms with Gasteiger partial charge in [0.1, 0.15) is 5.75 Å². The number of amides is 1. The monoisotopic (exact) mass is 341 g/mol. The Balaban J connectivity index is 0.00000264. The second kappa shape index (κ2) is 9.63. The van der Waals surface area contributed by atoms with Gasteiger partial charge in [0.15, 0.2) is 0 Å². The van der Waals surface area contributed by atoms with Crippen LogP contribution in [0.3, 0.4) is 0 Å². The predicted octanol–water partition coefficient (Wildman–Crippen LogP) is 2.19. The highest BCUT2D eigenvalue weighted by molar-refractivity contribution is 5.85. The maximum Gasteiger partial charge on any atom is 0.236 e. The SMILES string of the molecule is CCCC(N)C(=O)NCC1CCN(c2ccccc2OC)C1.Cl. The number of hydrogen-bond acceptors (Lipinski definition) is 4. The molecule has 23 heavy (non-hydrogen) atoms. The summed E-state index contributed by atoms with van der Waals surface area (Å²) in [5, 5.41) is 2.99. The van der Waals surface area contributed by atoms with Crippen molar-refractivity contribution in [3.63, 3.8) is 0 Å². The molecule has 2 atom stereocenters. The van der Waals surface area contributed by atoms with Gasteiger partial charge in [-0.25, -0.2) is 0 Å². The van der Waals surface area contributed by atoms with Crippen molar-refractivity contribution in [2.45, 2.75) is 32.2 Å². The fourth-order valence-electron chi connectivity index (χ4n) is 2.93. The molecule has 0 spiro atoms. The lowest BCUT2D eigenvalue weighted by molar-refractivity contribution is -0.122. The average molecular weight is 342 g/mol. The number of nitrogens with two attached hydrogens (primary N) is 1. The molecular weight excluding hydrogens is 314 g/mol. The Kier molecular flexibility index (Phi) is 8.20. The van der Waals surface area contributed by atoms with Gasteiger partial charge in [0.25, 0.3) is 0 Å². The molecule has 1 amide bonds. The van der Waals surface area contributed by atoms with Crippen molar-refractivity contribution in [2.24, 2.45) is 11.7 Å². The van der Waals surface area contributed by atoms with Crippen molar-refractivity contribution in [3.05, 3.63) is 24.3 Å². The average Bonchev–Trinajstić information content (AvgIpc) is 3.01. The van der Waals surface area contributed by atoms with Crippen LogP contribution < -0.4 is 20.7 Å². The normalized spacial score (nSPS) is 18.2. The van der Waals surface area contributed by atoms with E-state index < -0.39 is 0 Å². The zero-order valence-corrected chi connectivity index (χ0v) is 14.8. The minimum absolute atomic E-state index is 0. The molecule has 6 heteroatoms. The lowest BCUT2D eigenvalue weighted by Crippen LogP contribution is -2.42. The fourth-order valence-corrected chi connectivity index (χ4v) is 2.93. The fraction of sp³-hybridized carbons (Fsp3) is 0.588. The molecule has 3 N–H and O–H groups in total. The molecule has 1 heterocycles. The topological polar surface area (TPSA) is 67.6 Å². The van der Waals surface area contributed by atoms with Gasteiger partial charge < -0.3 is 20.7 Å². The van der Waals surface area contributed by atoms with Crippen LogP contribution in [0.1, 0.15) is 26.2 Å². The Morgan fingerprint density at radius 3 is 2.91 bits per heavy atom. The van der Waals surface area contributed by atoms with E-state index >= 15 is 0 Å². The molecule has 1 aliphatic heterocycles. The zero-order valence-electron chi connectivity index (χ0n) is 14.0. The molecule has 1 aromatic carbocycles. The van der Waals surface area contributed by atoms with E-state index in [1.165, 1.54) is 0 Å². The first-order valence-electron chi connectivity index (χ1n) is 8.07. The predicted molar refractivity (Wildman–Crippen MR) is 96.5 cm³/mol. The number of carbonyl (C=O) groups is 1. The molecule has 0 saturated carbocycles. The summed E-state index contributed by atoms with van der Waals surface area (Å²) in [5.74, 6) is 1.33. The summed E-state index contributed by atoms with van der Waals surface area (Å²) in [5.41, 5.74) is 6.96. The van der Waals surface area contributed by atoms with Gasteiger partial charge in [0.2, 0.25) is 5.91 Å². The van der Waals surface area contributed by atoms with E-state index in [0.717, 1.165) is 43.8 Å². The minimum atomic E-state index is -0.378. The van der Waals surface area contributed by atoms with Crippen LogP contribution in [0.4, 0.5) is 5.69 Å². The summed E-state index contributed by atoms with van der Waals surface area (Å²) in [4.78, 5) is 14.2. The van der Waals surface area contributed by atoms with E-state index in [0.29, 0.717) is 12.5 Å². The van der Waals surface area contributed by atoms with E-state index in [-0.39, 0.29) is 24.4 Å². The Morgan fingerprint density at radius 2 is 2.22 bits per heavy atom. The van der Waals surface area contributed by atoms with Crippen LogP contribution >= 0.6 is 12.4 Å². The van der Waals surface area contributed by atoms with Crippen molar-refractivity contribution in [1.82, 2.24) is 5.32 Å². The number of nitrogens with one attached hydrogen (secondary N) is 1. The number of methoxy groups -OCH3 is 1. The number of anilines is 1. The molecule has 1 aromatic rings. The Hall–Kier alpha value is -1.46. The summed E-state index contributed by atoms with van der Waals surface area (Å²) >= 11 is 0. The third kappa shape index (κ3) is 5.29. The summed E-state index contributed by atoms with van der Waals surface area (Å²) in [7, 11) is 1.70. The second-order valence-electron chi connectivity index (χ2n) is 5.91. The first kappa shape index (κ1) is 19.6. The number of rotatable bonds is 7. The van der Waals surface area contributed by atoms with Crippen LogP contribution in [0, 0.1) is 5.92 Å². The van der Waals surface area contributed by atoms with Gasteiger partial charge in [-0.1, -0.05) is 25.5 Å². The molecule has 1 fully saturated rings. The molecule has 0 aromatic heterocycles. The highest BCUT2D eigenvalue weighted by Crippen LogP contribution is 2.31. The summed E-state index contributed by atoms with van der Waals surface area (Å²) in [6, 6.07) is 7.68. The molecular formula is C17H28ClN3O2. The molecule has 1 aliphatic rings. The number of para-hydroxylation sites is 2. The molecule has 130 valence electrons. The lowest BCUT2D eigenvalue weighted by Gasteiger charge is -2.21. The first-order valence-corrected chi connectivity index (χ1v) is 8.07. The van der Waals surface area contributed by atoms with Crippen LogP contribution in [0.15, 0.2) is 24.3 Å². The number of carbonyl (C=O) groups excluding carboxylic acids is 1. The number of halogens is 1. The smallest absolute Gasteiger partial charge is 0.236 e. The standard InChI is InChI=1S/C17H27N3O2.ClH/c1-3-6-14(18)17(21)19-11-13-9-10-20(12-13)15-7-4-5-8-16(15)22-2;/h4-5,7-8,13-14H,3,6,9-12,18H2,1-2H3,(H,19,21);1H. The van der Waals surface area contributed by atoms with Crippen molar-refractivity contribution >= 4 is 24.0 Å². The highest BCUT2D eigenvalue weighted by atomic mass is 35.5.